The molecule has 0 aromatic carbocycles. The summed E-state index contributed by atoms with van der Waals surface area (Å²) in [6, 6.07) is 0. The molecule has 0 atom stereocenters. The molecule has 0 saturated carbocycles. The van der Waals surface area contributed by atoms with E-state index in [0.29, 0.717) is 0 Å². The lowest BCUT2D eigenvalue weighted by Crippen LogP contribution is -2.38. The Balaban J connectivity index is 2.33. The molecule has 1 rings (SSSR count). The summed E-state index contributed by atoms with van der Waals surface area (Å²) in [5.41, 5.74) is 1.17. The van der Waals surface area contributed by atoms with Gasteiger partial charge >= 0.3 is 0 Å². The Labute approximate surface area is 74.9 Å². The Morgan fingerprint density at radius 2 is 2.50 bits per heavy atom. The molecule has 1 fully saturated rings. The maximum atomic E-state index is 3.99. The van der Waals surface area contributed by atoms with Crippen LogP contribution in [-0.2, 0) is 0 Å². The monoisotopic (exact) mass is 166 g/mol. The number of unbranched alkanes of at least 4 members (excludes halogenated alkanes) is 1. The van der Waals surface area contributed by atoms with Gasteiger partial charge in [0.1, 0.15) is 0 Å². The zero-order chi connectivity index (χ0) is 8.81. The van der Waals surface area contributed by atoms with Crippen LogP contribution in [-0.4, -0.2) is 24.5 Å². The van der Waals surface area contributed by atoms with Gasteiger partial charge in [0.15, 0.2) is 0 Å². The molecule has 0 aromatic rings. The fourth-order valence-electron chi connectivity index (χ4n) is 1.24. The minimum Gasteiger partial charge on any atom is -0.350 e. The molecule has 0 unspecified atom stereocenters. The van der Waals surface area contributed by atoms with Gasteiger partial charge in [-0.2, -0.15) is 0 Å². The SMILES string of the molecule is C=C1CNCCN1/C=C\CCC. The summed E-state index contributed by atoms with van der Waals surface area (Å²) in [5.74, 6) is 0. The van der Waals surface area contributed by atoms with E-state index < -0.39 is 0 Å². The lowest BCUT2D eigenvalue weighted by Gasteiger charge is -2.28. The summed E-state index contributed by atoms with van der Waals surface area (Å²) >= 11 is 0. The van der Waals surface area contributed by atoms with Crippen LogP contribution in [0.3, 0.4) is 0 Å². The third kappa shape index (κ3) is 2.70. The Hall–Kier alpha value is -0.760. The van der Waals surface area contributed by atoms with Gasteiger partial charge in [-0.05, 0) is 12.6 Å². The maximum Gasteiger partial charge on any atom is 0.0353 e. The first-order valence-electron chi connectivity index (χ1n) is 4.66. The van der Waals surface area contributed by atoms with E-state index in [1.54, 1.807) is 0 Å². The van der Waals surface area contributed by atoms with Crippen molar-refractivity contribution in [2.24, 2.45) is 0 Å². The van der Waals surface area contributed by atoms with Gasteiger partial charge in [-0.3, -0.25) is 0 Å². The minimum atomic E-state index is 0.927. The van der Waals surface area contributed by atoms with Crippen LogP contribution in [0.1, 0.15) is 19.8 Å². The molecule has 1 saturated heterocycles. The summed E-state index contributed by atoms with van der Waals surface area (Å²) in [6.07, 6.45) is 6.76. The summed E-state index contributed by atoms with van der Waals surface area (Å²) in [5, 5.41) is 3.28. The van der Waals surface area contributed by atoms with Crippen molar-refractivity contribution in [3.63, 3.8) is 0 Å². The van der Waals surface area contributed by atoms with Crippen LogP contribution in [0.15, 0.2) is 24.6 Å². The average molecular weight is 166 g/mol. The number of hydrogen-bond acceptors (Lipinski definition) is 2. The van der Waals surface area contributed by atoms with Crippen LogP contribution in [0.2, 0.25) is 0 Å². The van der Waals surface area contributed by atoms with Crippen LogP contribution in [0.5, 0.6) is 0 Å². The normalized spacial score (nSPS) is 19.1. The molecule has 2 nitrogen and oxygen atoms in total. The van der Waals surface area contributed by atoms with Crippen LogP contribution in [0.25, 0.3) is 0 Å². The molecule has 1 heterocycles. The fourth-order valence-corrected chi connectivity index (χ4v) is 1.24. The second kappa shape index (κ2) is 4.99. The molecule has 12 heavy (non-hydrogen) atoms. The van der Waals surface area contributed by atoms with Gasteiger partial charge < -0.3 is 10.2 Å². The smallest absolute Gasteiger partial charge is 0.0353 e. The zero-order valence-corrected chi connectivity index (χ0v) is 7.84. The van der Waals surface area contributed by atoms with Gasteiger partial charge in [0.05, 0.1) is 0 Å². The quantitative estimate of drug-likeness (QED) is 0.686. The third-order valence-corrected chi connectivity index (χ3v) is 2.01. The first-order chi connectivity index (χ1) is 5.84. The van der Waals surface area contributed by atoms with E-state index in [1.807, 2.05) is 0 Å². The molecule has 0 spiro atoms. The van der Waals surface area contributed by atoms with Crippen molar-refractivity contribution in [2.45, 2.75) is 19.8 Å². The highest BCUT2D eigenvalue weighted by molar-refractivity contribution is 5.05. The van der Waals surface area contributed by atoms with Crippen LogP contribution < -0.4 is 5.32 Å². The van der Waals surface area contributed by atoms with Gasteiger partial charge in [0.2, 0.25) is 0 Å². The zero-order valence-electron chi connectivity index (χ0n) is 7.84. The second-order valence-electron chi connectivity index (χ2n) is 3.11. The van der Waals surface area contributed by atoms with E-state index in [1.165, 1.54) is 12.1 Å². The molecule has 68 valence electrons. The van der Waals surface area contributed by atoms with Gasteiger partial charge in [-0.25, -0.2) is 0 Å². The minimum absolute atomic E-state index is 0.927. The summed E-state index contributed by atoms with van der Waals surface area (Å²) in [4.78, 5) is 2.23. The Morgan fingerprint density at radius 3 is 3.17 bits per heavy atom. The van der Waals surface area contributed by atoms with Gasteiger partial charge in [-0.15, -0.1) is 0 Å². The van der Waals surface area contributed by atoms with Gasteiger partial charge in [0.25, 0.3) is 0 Å². The molecule has 1 aliphatic heterocycles. The predicted octanol–water partition coefficient (Wildman–Crippen LogP) is 1.72. The van der Waals surface area contributed by atoms with Gasteiger partial charge in [0, 0.05) is 25.3 Å². The Bertz CT molecular complexity index is 173. The van der Waals surface area contributed by atoms with Crippen LogP contribution in [0, 0.1) is 0 Å². The fraction of sp³-hybridized carbons (Fsp3) is 0.600. The number of hydrogen-bond donors (Lipinski definition) is 1. The van der Waals surface area contributed by atoms with E-state index in [-0.39, 0.29) is 0 Å². The van der Waals surface area contributed by atoms with E-state index in [4.69, 9.17) is 0 Å². The number of nitrogens with zero attached hydrogens (tertiary/aromatic N) is 1. The number of rotatable bonds is 3. The van der Waals surface area contributed by atoms with E-state index >= 15 is 0 Å². The molecular weight excluding hydrogens is 148 g/mol. The Morgan fingerprint density at radius 1 is 1.67 bits per heavy atom. The maximum absolute atomic E-state index is 3.99. The first-order valence-corrected chi connectivity index (χ1v) is 4.66. The third-order valence-electron chi connectivity index (χ3n) is 2.01. The predicted molar refractivity (Wildman–Crippen MR) is 52.8 cm³/mol. The van der Waals surface area contributed by atoms with E-state index in [9.17, 15) is 0 Å². The van der Waals surface area contributed by atoms with Crippen molar-refractivity contribution in [3.05, 3.63) is 24.6 Å². The molecule has 0 bridgehead atoms. The molecule has 0 aliphatic carbocycles. The molecule has 1 N–H and O–H groups in total. The molecule has 0 radical (unpaired) electrons. The average Bonchev–Trinajstić information content (AvgIpc) is 2.09. The largest absolute Gasteiger partial charge is 0.350 e. The summed E-state index contributed by atoms with van der Waals surface area (Å²) in [7, 11) is 0. The summed E-state index contributed by atoms with van der Waals surface area (Å²) in [6.45, 7) is 9.22. The van der Waals surface area contributed by atoms with Crippen molar-refractivity contribution in [2.75, 3.05) is 19.6 Å². The topological polar surface area (TPSA) is 15.3 Å². The highest BCUT2D eigenvalue weighted by atomic mass is 15.2. The Kier molecular flexibility index (Phi) is 3.88. The lowest BCUT2D eigenvalue weighted by atomic mass is 10.3. The number of piperazine rings is 1. The second-order valence-corrected chi connectivity index (χ2v) is 3.11. The first kappa shape index (κ1) is 9.33. The van der Waals surface area contributed by atoms with Crippen molar-refractivity contribution in [3.8, 4) is 0 Å². The van der Waals surface area contributed by atoms with Crippen molar-refractivity contribution in [1.82, 2.24) is 10.2 Å². The lowest BCUT2D eigenvalue weighted by molar-refractivity contribution is 0.393. The highest BCUT2D eigenvalue weighted by Crippen LogP contribution is 2.05. The molecule has 0 amide bonds. The van der Waals surface area contributed by atoms with Crippen molar-refractivity contribution in [1.29, 1.82) is 0 Å². The molecule has 1 aliphatic rings. The van der Waals surface area contributed by atoms with Crippen LogP contribution in [0.4, 0.5) is 0 Å². The van der Waals surface area contributed by atoms with E-state index in [0.717, 1.165) is 26.1 Å². The van der Waals surface area contributed by atoms with Crippen LogP contribution >= 0.6 is 0 Å². The number of nitrogens with one attached hydrogen (secondary N) is 1. The van der Waals surface area contributed by atoms with E-state index in [2.05, 4.69) is 36.0 Å². The highest BCUT2D eigenvalue weighted by Gasteiger charge is 2.08. The number of allylic oxidation sites excluding steroid dienone is 1. The van der Waals surface area contributed by atoms with Gasteiger partial charge in [-0.1, -0.05) is 26.0 Å². The van der Waals surface area contributed by atoms with Crippen molar-refractivity contribution < 1.29 is 0 Å². The molecular formula is C10H18N2. The van der Waals surface area contributed by atoms with Crippen molar-refractivity contribution >= 4 is 0 Å². The molecule has 0 aromatic heterocycles. The standard InChI is InChI=1S/C10H18N2/c1-3-4-5-7-12-8-6-11-9-10(12)2/h5,7,11H,2-4,6,8-9H2,1H3/b7-5-. The summed E-state index contributed by atoms with van der Waals surface area (Å²) < 4.78 is 0. The molecule has 2 heteroatoms.